The predicted octanol–water partition coefficient (Wildman–Crippen LogP) is 2.53. The number of carbonyl (C=O) groups is 1. The summed E-state index contributed by atoms with van der Waals surface area (Å²) in [5.74, 6) is -0.553. The third-order valence-electron chi connectivity index (χ3n) is 4.40. The average molecular weight is 376 g/mol. The highest BCUT2D eigenvalue weighted by Crippen LogP contribution is 2.22. The molecule has 2 aromatic carbocycles. The van der Waals surface area contributed by atoms with Gasteiger partial charge in [-0.25, -0.2) is 8.78 Å². The molecule has 0 radical (unpaired) electrons. The second kappa shape index (κ2) is 9.43. The van der Waals surface area contributed by atoms with E-state index in [1.165, 1.54) is 36.4 Å². The van der Waals surface area contributed by atoms with Crippen LogP contribution in [-0.2, 0) is 9.53 Å². The van der Waals surface area contributed by atoms with Crippen LogP contribution in [0.3, 0.4) is 0 Å². The van der Waals surface area contributed by atoms with Crippen LogP contribution < -0.4 is 10.1 Å². The van der Waals surface area contributed by atoms with Crippen LogP contribution in [0, 0.1) is 11.6 Å². The Kier molecular flexibility index (Phi) is 6.73. The Morgan fingerprint density at radius 3 is 2.56 bits per heavy atom. The molecule has 7 heteroatoms. The molecular weight excluding hydrogens is 354 g/mol. The molecule has 1 atom stereocenters. The van der Waals surface area contributed by atoms with Crippen molar-refractivity contribution in [1.29, 1.82) is 0 Å². The zero-order valence-electron chi connectivity index (χ0n) is 14.9. The van der Waals surface area contributed by atoms with E-state index in [2.05, 4.69) is 10.2 Å². The fourth-order valence-electron chi connectivity index (χ4n) is 3.00. The summed E-state index contributed by atoms with van der Waals surface area (Å²) < 4.78 is 37.3. The van der Waals surface area contributed by atoms with E-state index in [0.29, 0.717) is 38.6 Å². The third kappa shape index (κ3) is 5.74. The van der Waals surface area contributed by atoms with Crippen molar-refractivity contribution in [3.8, 4) is 5.75 Å². The summed E-state index contributed by atoms with van der Waals surface area (Å²) in [6, 6.07) is 11.7. The molecule has 0 bridgehead atoms. The monoisotopic (exact) mass is 376 g/mol. The van der Waals surface area contributed by atoms with E-state index in [4.69, 9.17) is 9.47 Å². The van der Waals surface area contributed by atoms with Crippen LogP contribution in [-0.4, -0.2) is 50.3 Å². The molecule has 1 fully saturated rings. The number of rotatable bonds is 7. The van der Waals surface area contributed by atoms with Gasteiger partial charge in [0.15, 0.2) is 6.61 Å². The predicted molar refractivity (Wildman–Crippen MR) is 96.4 cm³/mol. The number of hydrogen-bond donors (Lipinski definition) is 1. The Hall–Kier alpha value is -2.51. The Morgan fingerprint density at radius 1 is 1.11 bits per heavy atom. The lowest BCUT2D eigenvalue weighted by Gasteiger charge is -2.35. The highest BCUT2D eigenvalue weighted by Gasteiger charge is 2.23. The van der Waals surface area contributed by atoms with Gasteiger partial charge < -0.3 is 14.8 Å². The fourth-order valence-corrected chi connectivity index (χ4v) is 3.00. The zero-order chi connectivity index (χ0) is 19.1. The first-order valence-electron chi connectivity index (χ1n) is 8.84. The first kappa shape index (κ1) is 19.3. The maximum Gasteiger partial charge on any atom is 0.258 e. The van der Waals surface area contributed by atoms with Gasteiger partial charge in [0, 0.05) is 19.6 Å². The van der Waals surface area contributed by atoms with Crippen molar-refractivity contribution in [1.82, 2.24) is 10.2 Å². The number of carbonyl (C=O) groups excluding carboxylic acids is 1. The van der Waals surface area contributed by atoms with E-state index in [0.717, 1.165) is 5.56 Å². The van der Waals surface area contributed by atoms with Gasteiger partial charge in [-0.1, -0.05) is 12.1 Å². The molecule has 0 aromatic heterocycles. The number of halogens is 2. The van der Waals surface area contributed by atoms with Gasteiger partial charge in [-0.15, -0.1) is 0 Å². The number of hydrogen-bond acceptors (Lipinski definition) is 4. The lowest BCUT2D eigenvalue weighted by atomic mass is 10.0. The average Bonchev–Trinajstić information content (AvgIpc) is 2.69. The van der Waals surface area contributed by atoms with Crippen molar-refractivity contribution in [2.75, 3.05) is 39.5 Å². The van der Waals surface area contributed by atoms with Crippen molar-refractivity contribution >= 4 is 5.91 Å². The van der Waals surface area contributed by atoms with Gasteiger partial charge in [0.2, 0.25) is 0 Å². The quantitative estimate of drug-likeness (QED) is 0.807. The van der Waals surface area contributed by atoms with E-state index in [1.807, 2.05) is 6.07 Å². The second-order valence-corrected chi connectivity index (χ2v) is 6.27. The fraction of sp³-hybridized carbons (Fsp3) is 0.350. The van der Waals surface area contributed by atoms with Crippen LogP contribution in [0.1, 0.15) is 11.6 Å². The van der Waals surface area contributed by atoms with Crippen LogP contribution in [0.15, 0.2) is 48.5 Å². The van der Waals surface area contributed by atoms with Gasteiger partial charge in [-0.3, -0.25) is 9.69 Å². The number of ether oxygens (including phenoxy) is 2. The van der Waals surface area contributed by atoms with Gasteiger partial charge >= 0.3 is 0 Å². The maximum atomic E-state index is 13.7. The molecule has 1 aliphatic heterocycles. The smallest absolute Gasteiger partial charge is 0.258 e. The van der Waals surface area contributed by atoms with E-state index in [1.54, 1.807) is 6.07 Å². The molecule has 3 rings (SSSR count). The summed E-state index contributed by atoms with van der Waals surface area (Å²) in [5, 5.41) is 2.84. The molecule has 1 aliphatic rings. The molecule has 27 heavy (non-hydrogen) atoms. The van der Waals surface area contributed by atoms with Crippen LogP contribution in [0.4, 0.5) is 8.78 Å². The van der Waals surface area contributed by atoms with Gasteiger partial charge in [0.1, 0.15) is 17.4 Å². The van der Waals surface area contributed by atoms with Gasteiger partial charge in [-0.05, 0) is 42.0 Å². The number of benzene rings is 2. The molecule has 0 saturated carbocycles. The molecule has 0 aliphatic carbocycles. The first-order valence-corrected chi connectivity index (χ1v) is 8.84. The molecular formula is C20H22F2N2O3. The summed E-state index contributed by atoms with van der Waals surface area (Å²) in [4.78, 5) is 14.3. The molecule has 1 heterocycles. The molecule has 2 aromatic rings. The second-order valence-electron chi connectivity index (χ2n) is 6.27. The molecule has 5 nitrogen and oxygen atoms in total. The minimum atomic E-state index is -0.366. The van der Waals surface area contributed by atoms with Gasteiger partial charge in [-0.2, -0.15) is 0 Å². The molecule has 1 unspecified atom stereocenters. The molecule has 0 spiro atoms. The number of nitrogens with one attached hydrogen (secondary N) is 1. The van der Waals surface area contributed by atoms with Crippen LogP contribution in [0.5, 0.6) is 5.75 Å². The zero-order valence-corrected chi connectivity index (χ0v) is 14.9. The molecule has 1 saturated heterocycles. The van der Waals surface area contributed by atoms with Gasteiger partial charge in [0.05, 0.1) is 19.3 Å². The Morgan fingerprint density at radius 2 is 1.85 bits per heavy atom. The van der Waals surface area contributed by atoms with Crippen LogP contribution in [0.2, 0.25) is 0 Å². The lowest BCUT2D eigenvalue weighted by molar-refractivity contribution is -0.123. The molecule has 1 N–H and O–H groups in total. The third-order valence-corrected chi connectivity index (χ3v) is 4.40. The molecule has 144 valence electrons. The van der Waals surface area contributed by atoms with Crippen molar-refractivity contribution in [3.63, 3.8) is 0 Å². The van der Waals surface area contributed by atoms with Crippen LogP contribution in [0.25, 0.3) is 0 Å². The topological polar surface area (TPSA) is 50.8 Å². The summed E-state index contributed by atoms with van der Waals surface area (Å²) in [6.45, 7) is 2.78. The van der Waals surface area contributed by atoms with E-state index < -0.39 is 0 Å². The summed E-state index contributed by atoms with van der Waals surface area (Å²) >= 11 is 0. The Bertz CT molecular complexity index is 749. The van der Waals surface area contributed by atoms with E-state index in [-0.39, 0.29) is 30.2 Å². The summed E-state index contributed by atoms with van der Waals surface area (Å²) in [5.41, 5.74) is 0.802. The van der Waals surface area contributed by atoms with Crippen molar-refractivity contribution < 1.29 is 23.0 Å². The lowest BCUT2D eigenvalue weighted by Crippen LogP contribution is -2.44. The van der Waals surface area contributed by atoms with Gasteiger partial charge in [0.25, 0.3) is 5.91 Å². The largest absolute Gasteiger partial charge is 0.484 e. The normalized spacial score (nSPS) is 15.9. The van der Waals surface area contributed by atoms with Crippen LogP contribution >= 0.6 is 0 Å². The molecule has 1 amide bonds. The number of amides is 1. The highest BCUT2D eigenvalue weighted by molar-refractivity contribution is 5.77. The number of morpholine rings is 1. The van der Waals surface area contributed by atoms with E-state index in [9.17, 15) is 13.6 Å². The Labute approximate surface area is 156 Å². The highest BCUT2D eigenvalue weighted by atomic mass is 19.1. The first-order chi connectivity index (χ1) is 13.1. The summed E-state index contributed by atoms with van der Waals surface area (Å²) in [7, 11) is 0. The standard InChI is InChI=1S/C20H22F2N2O3/c21-16-4-6-18(7-5-16)27-14-20(25)23-13-19(24-8-10-26-11-9-24)15-2-1-3-17(22)12-15/h1-7,12,19H,8-11,13-14H2,(H,23,25). The minimum absolute atomic E-state index is 0.153. The SMILES string of the molecule is O=C(COc1ccc(F)cc1)NCC(c1cccc(F)c1)N1CCOCC1. The van der Waals surface area contributed by atoms with Crippen molar-refractivity contribution in [3.05, 3.63) is 65.7 Å². The minimum Gasteiger partial charge on any atom is -0.484 e. The maximum absolute atomic E-state index is 13.7. The number of nitrogens with zero attached hydrogens (tertiary/aromatic N) is 1. The Balaban J connectivity index is 1.58. The van der Waals surface area contributed by atoms with Crippen molar-refractivity contribution in [2.24, 2.45) is 0 Å². The summed E-state index contributed by atoms with van der Waals surface area (Å²) in [6.07, 6.45) is 0. The van der Waals surface area contributed by atoms with Crippen molar-refractivity contribution in [2.45, 2.75) is 6.04 Å². The van der Waals surface area contributed by atoms with E-state index >= 15 is 0 Å².